The van der Waals surface area contributed by atoms with Gasteiger partial charge in [-0.1, -0.05) is 11.6 Å². The lowest BCUT2D eigenvalue weighted by Crippen LogP contribution is -2.19. The van der Waals surface area contributed by atoms with Gasteiger partial charge in [0.1, 0.15) is 0 Å². The zero-order valence-electron chi connectivity index (χ0n) is 7.58. The van der Waals surface area contributed by atoms with Crippen molar-refractivity contribution in [3.05, 3.63) is 5.15 Å². The second-order valence-corrected chi connectivity index (χ2v) is 3.44. The molecule has 4 nitrogen and oxygen atoms in total. The van der Waals surface area contributed by atoms with Crippen LogP contribution in [0.15, 0.2) is 0 Å². The monoisotopic (exact) mass is 221 g/mol. The van der Waals surface area contributed by atoms with Crippen LogP contribution in [-0.4, -0.2) is 28.0 Å². The molecule has 1 rings (SSSR count). The van der Waals surface area contributed by atoms with Crippen LogP contribution >= 0.6 is 23.3 Å². The van der Waals surface area contributed by atoms with Crippen LogP contribution in [0.4, 0.5) is 5.82 Å². The van der Waals surface area contributed by atoms with Gasteiger partial charge in [-0.15, -0.1) is 0 Å². The first-order valence-corrected chi connectivity index (χ1v) is 5.18. The highest BCUT2D eigenvalue weighted by atomic mass is 35.5. The third kappa shape index (κ3) is 3.46. The maximum absolute atomic E-state index is 5.73. The van der Waals surface area contributed by atoms with Crippen LogP contribution in [0.1, 0.15) is 13.8 Å². The molecule has 1 aromatic rings. The summed E-state index contributed by atoms with van der Waals surface area (Å²) in [6.07, 6.45) is 0.155. The van der Waals surface area contributed by atoms with E-state index >= 15 is 0 Å². The number of halogens is 1. The number of hydrogen-bond acceptors (Lipinski definition) is 5. The van der Waals surface area contributed by atoms with E-state index in [0.717, 1.165) is 11.7 Å². The molecule has 1 atom stereocenters. The summed E-state index contributed by atoms with van der Waals surface area (Å²) in [4.78, 5) is 0. The lowest BCUT2D eigenvalue weighted by atomic mass is 10.4. The van der Waals surface area contributed by atoms with Gasteiger partial charge in [0.25, 0.3) is 0 Å². The summed E-state index contributed by atoms with van der Waals surface area (Å²) < 4.78 is 13.1. The van der Waals surface area contributed by atoms with Gasteiger partial charge in [0.05, 0.1) is 17.8 Å². The number of aromatic nitrogens is 2. The lowest BCUT2D eigenvalue weighted by molar-refractivity contribution is 0.0855. The van der Waals surface area contributed by atoms with Crippen molar-refractivity contribution in [3.8, 4) is 0 Å². The Morgan fingerprint density at radius 1 is 1.62 bits per heavy atom. The smallest absolute Gasteiger partial charge is 0.186 e. The van der Waals surface area contributed by atoms with Crippen LogP contribution < -0.4 is 5.32 Å². The molecule has 1 aromatic heterocycles. The maximum Gasteiger partial charge on any atom is 0.186 e. The lowest BCUT2D eigenvalue weighted by Gasteiger charge is -2.11. The number of nitrogens with zero attached hydrogens (tertiary/aromatic N) is 2. The Morgan fingerprint density at radius 3 is 2.92 bits per heavy atom. The number of rotatable bonds is 5. The zero-order chi connectivity index (χ0) is 9.68. The van der Waals surface area contributed by atoms with Crippen LogP contribution in [0.5, 0.6) is 0 Å². The molecule has 0 saturated carbocycles. The molecule has 1 N–H and O–H groups in total. The van der Waals surface area contributed by atoms with Crippen LogP contribution in [0.2, 0.25) is 5.15 Å². The van der Waals surface area contributed by atoms with Gasteiger partial charge in [0, 0.05) is 13.2 Å². The Morgan fingerprint density at radius 2 is 2.38 bits per heavy atom. The van der Waals surface area contributed by atoms with Crippen molar-refractivity contribution in [1.29, 1.82) is 0 Å². The topological polar surface area (TPSA) is 47.0 Å². The van der Waals surface area contributed by atoms with Crippen LogP contribution in [0.3, 0.4) is 0 Å². The standard InChI is InChI=1S/C7H12ClN3OS/c1-3-12-5(2)4-9-7-6(8)10-13-11-7/h5H,3-4H2,1-2H3,(H,9,11). The van der Waals surface area contributed by atoms with Crippen molar-refractivity contribution in [2.45, 2.75) is 20.0 Å². The predicted octanol–water partition coefficient (Wildman–Crippen LogP) is 2.03. The zero-order valence-corrected chi connectivity index (χ0v) is 9.15. The average molecular weight is 222 g/mol. The molecule has 0 amide bonds. The minimum atomic E-state index is 0.155. The summed E-state index contributed by atoms with van der Waals surface area (Å²) in [6, 6.07) is 0. The van der Waals surface area contributed by atoms with E-state index in [4.69, 9.17) is 16.3 Å². The first-order valence-electron chi connectivity index (χ1n) is 4.07. The van der Waals surface area contributed by atoms with E-state index in [1.54, 1.807) is 0 Å². The van der Waals surface area contributed by atoms with Crippen LogP contribution in [-0.2, 0) is 4.74 Å². The summed E-state index contributed by atoms with van der Waals surface area (Å²) in [5.41, 5.74) is 0. The van der Waals surface area contributed by atoms with E-state index in [0.29, 0.717) is 24.1 Å². The van der Waals surface area contributed by atoms with Gasteiger partial charge < -0.3 is 10.1 Å². The van der Waals surface area contributed by atoms with Crippen molar-refractivity contribution in [1.82, 2.24) is 8.75 Å². The molecule has 74 valence electrons. The van der Waals surface area contributed by atoms with E-state index in [1.165, 1.54) is 0 Å². The second-order valence-electron chi connectivity index (χ2n) is 2.55. The third-order valence-corrected chi connectivity index (χ3v) is 2.35. The van der Waals surface area contributed by atoms with Crippen LogP contribution in [0.25, 0.3) is 0 Å². The van der Waals surface area contributed by atoms with E-state index in [2.05, 4.69) is 14.1 Å². The molecule has 0 aliphatic heterocycles. The normalized spacial score (nSPS) is 12.8. The largest absolute Gasteiger partial charge is 0.377 e. The maximum atomic E-state index is 5.73. The van der Waals surface area contributed by atoms with Crippen molar-refractivity contribution in [2.24, 2.45) is 0 Å². The van der Waals surface area contributed by atoms with Crippen LogP contribution in [0, 0.1) is 0 Å². The molecule has 0 aliphatic rings. The molecule has 0 fully saturated rings. The molecular weight excluding hydrogens is 210 g/mol. The quantitative estimate of drug-likeness (QED) is 0.827. The SMILES string of the molecule is CCOC(C)CNc1nsnc1Cl. The van der Waals surface area contributed by atoms with Crippen molar-refractivity contribution in [2.75, 3.05) is 18.5 Å². The molecular formula is C7H12ClN3OS. The molecule has 1 heterocycles. The molecule has 0 radical (unpaired) electrons. The van der Waals surface area contributed by atoms with Gasteiger partial charge >= 0.3 is 0 Å². The molecule has 13 heavy (non-hydrogen) atoms. The molecule has 0 bridgehead atoms. The Labute approximate surface area is 86.6 Å². The molecule has 6 heteroatoms. The fraction of sp³-hybridized carbons (Fsp3) is 0.714. The van der Waals surface area contributed by atoms with Crippen molar-refractivity contribution in [3.63, 3.8) is 0 Å². The summed E-state index contributed by atoms with van der Waals surface area (Å²) >= 11 is 6.83. The third-order valence-electron chi connectivity index (χ3n) is 1.46. The summed E-state index contributed by atoms with van der Waals surface area (Å²) in [5.74, 6) is 0.637. The fourth-order valence-electron chi connectivity index (χ4n) is 0.867. The number of hydrogen-bond donors (Lipinski definition) is 1. The van der Waals surface area contributed by atoms with E-state index in [9.17, 15) is 0 Å². The summed E-state index contributed by atoms with van der Waals surface area (Å²) in [5, 5.41) is 3.48. The number of anilines is 1. The van der Waals surface area contributed by atoms with Gasteiger partial charge in [-0.2, -0.15) is 8.75 Å². The molecule has 0 spiro atoms. The first kappa shape index (κ1) is 10.7. The van der Waals surface area contributed by atoms with E-state index < -0.39 is 0 Å². The predicted molar refractivity (Wildman–Crippen MR) is 54.5 cm³/mol. The number of nitrogens with one attached hydrogen (secondary N) is 1. The Bertz CT molecular complexity index is 256. The summed E-state index contributed by atoms with van der Waals surface area (Å²) in [7, 11) is 0. The van der Waals surface area contributed by atoms with Gasteiger partial charge in [-0.25, -0.2) is 0 Å². The van der Waals surface area contributed by atoms with E-state index in [1.807, 2.05) is 13.8 Å². The number of ether oxygens (including phenoxy) is 1. The summed E-state index contributed by atoms with van der Waals surface area (Å²) in [6.45, 7) is 5.36. The molecule has 1 unspecified atom stereocenters. The van der Waals surface area contributed by atoms with Crippen molar-refractivity contribution < 1.29 is 4.74 Å². The molecule has 0 saturated heterocycles. The minimum Gasteiger partial charge on any atom is -0.377 e. The highest BCUT2D eigenvalue weighted by Gasteiger charge is 2.06. The highest BCUT2D eigenvalue weighted by Crippen LogP contribution is 2.17. The average Bonchev–Trinajstić information content (AvgIpc) is 2.48. The minimum absolute atomic E-state index is 0.155. The molecule has 0 aliphatic carbocycles. The second kappa shape index (κ2) is 5.36. The van der Waals surface area contributed by atoms with E-state index in [-0.39, 0.29) is 6.10 Å². The van der Waals surface area contributed by atoms with Gasteiger partial charge in [-0.05, 0) is 13.8 Å². The van der Waals surface area contributed by atoms with Gasteiger partial charge in [-0.3, -0.25) is 0 Å². The Hall–Kier alpha value is -0.390. The highest BCUT2D eigenvalue weighted by molar-refractivity contribution is 6.99. The van der Waals surface area contributed by atoms with Crippen molar-refractivity contribution >= 4 is 29.1 Å². The first-order chi connectivity index (χ1) is 6.24. The molecule has 0 aromatic carbocycles. The van der Waals surface area contributed by atoms with Gasteiger partial charge in [0.2, 0.25) is 0 Å². The fourth-order valence-corrected chi connectivity index (χ4v) is 1.55. The van der Waals surface area contributed by atoms with Gasteiger partial charge in [0.15, 0.2) is 11.0 Å². The Kier molecular flexibility index (Phi) is 4.41. The Balaban J connectivity index is 2.30.